The number of hydrogen-bond acceptors (Lipinski definition) is 1. The summed E-state index contributed by atoms with van der Waals surface area (Å²) in [7, 11) is 0. The third kappa shape index (κ3) is 3.57. The van der Waals surface area contributed by atoms with Gasteiger partial charge in [0, 0.05) is 25.6 Å². The van der Waals surface area contributed by atoms with Crippen molar-refractivity contribution >= 4 is 43.5 Å². The van der Waals surface area contributed by atoms with Gasteiger partial charge in [-0.3, -0.25) is 0 Å². The van der Waals surface area contributed by atoms with Crippen molar-refractivity contribution in [1.29, 1.82) is 0 Å². The van der Waals surface area contributed by atoms with E-state index >= 15 is 0 Å². The molecule has 19 heavy (non-hydrogen) atoms. The van der Waals surface area contributed by atoms with Gasteiger partial charge < -0.3 is 5.73 Å². The van der Waals surface area contributed by atoms with E-state index in [1.165, 1.54) is 6.07 Å². The van der Waals surface area contributed by atoms with E-state index < -0.39 is 0 Å². The van der Waals surface area contributed by atoms with Crippen LogP contribution in [-0.4, -0.2) is 0 Å². The molecule has 0 saturated carbocycles. The van der Waals surface area contributed by atoms with E-state index in [0.717, 1.165) is 14.5 Å². The second-order valence-corrected chi connectivity index (χ2v) is 6.35. The predicted molar refractivity (Wildman–Crippen MR) is 83.9 cm³/mol. The Balaban J connectivity index is 2.28. The lowest BCUT2D eigenvalue weighted by atomic mass is 9.99. The summed E-state index contributed by atoms with van der Waals surface area (Å²) in [6.07, 6.45) is 0.353. The van der Waals surface area contributed by atoms with Crippen molar-refractivity contribution < 1.29 is 4.39 Å². The van der Waals surface area contributed by atoms with Gasteiger partial charge in [-0.15, -0.1) is 0 Å². The minimum Gasteiger partial charge on any atom is -0.324 e. The summed E-state index contributed by atoms with van der Waals surface area (Å²) in [5.41, 5.74) is 7.51. The predicted octanol–water partition coefficient (Wildman–Crippen LogP) is 5.25. The molecular formula is C14H11Br2ClFN. The Bertz CT molecular complexity index is 584. The van der Waals surface area contributed by atoms with Gasteiger partial charge in [0.05, 0.1) is 0 Å². The smallest absolute Gasteiger partial charge is 0.127 e. The largest absolute Gasteiger partial charge is 0.324 e. The molecule has 0 aromatic heterocycles. The van der Waals surface area contributed by atoms with Gasteiger partial charge in [-0.25, -0.2) is 4.39 Å². The van der Waals surface area contributed by atoms with Crippen LogP contribution in [0.1, 0.15) is 17.2 Å². The molecule has 0 aliphatic heterocycles. The Morgan fingerprint density at radius 1 is 1.21 bits per heavy atom. The van der Waals surface area contributed by atoms with Gasteiger partial charge in [0.1, 0.15) is 5.82 Å². The van der Waals surface area contributed by atoms with Crippen molar-refractivity contribution in [2.24, 2.45) is 5.73 Å². The van der Waals surface area contributed by atoms with E-state index in [1.54, 1.807) is 12.1 Å². The fraction of sp³-hybridized carbons (Fsp3) is 0.143. The Hall–Kier alpha value is -0.420. The minimum atomic E-state index is -0.323. The fourth-order valence-electron chi connectivity index (χ4n) is 1.86. The maximum absolute atomic E-state index is 13.7. The molecular weight excluding hydrogens is 396 g/mol. The third-order valence-corrected chi connectivity index (χ3v) is 4.38. The van der Waals surface area contributed by atoms with Crippen molar-refractivity contribution in [3.05, 3.63) is 67.3 Å². The van der Waals surface area contributed by atoms with Crippen LogP contribution in [0.3, 0.4) is 0 Å². The van der Waals surface area contributed by atoms with Crippen LogP contribution in [0.25, 0.3) is 0 Å². The SMILES string of the molecule is NC(Cc1c(F)cccc1Cl)c1ccc(Br)cc1Br. The van der Waals surface area contributed by atoms with Crippen LogP contribution >= 0.6 is 43.5 Å². The highest BCUT2D eigenvalue weighted by molar-refractivity contribution is 9.11. The van der Waals surface area contributed by atoms with Crippen LogP contribution in [0.2, 0.25) is 5.02 Å². The van der Waals surface area contributed by atoms with Gasteiger partial charge in [0.25, 0.3) is 0 Å². The van der Waals surface area contributed by atoms with E-state index in [9.17, 15) is 4.39 Å². The van der Waals surface area contributed by atoms with E-state index in [2.05, 4.69) is 31.9 Å². The van der Waals surface area contributed by atoms with Crippen molar-refractivity contribution in [3.63, 3.8) is 0 Å². The highest BCUT2D eigenvalue weighted by Crippen LogP contribution is 2.30. The molecule has 1 unspecified atom stereocenters. The molecule has 100 valence electrons. The molecule has 5 heteroatoms. The van der Waals surface area contributed by atoms with Crippen molar-refractivity contribution in [2.75, 3.05) is 0 Å². The molecule has 0 saturated heterocycles. The first-order valence-corrected chi connectivity index (χ1v) is 7.59. The molecule has 0 amide bonds. The molecule has 1 atom stereocenters. The number of halogens is 4. The summed E-state index contributed by atoms with van der Waals surface area (Å²) < 4.78 is 15.6. The summed E-state index contributed by atoms with van der Waals surface area (Å²) in [6.45, 7) is 0. The van der Waals surface area contributed by atoms with Gasteiger partial charge in [-0.05, 0) is 36.2 Å². The van der Waals surface area contributed by atoms with Crippen LogP contribution < -0.4 is 5.73 Å². The molecule has 2 N–H and O–H groups in total. The highest BCUT2D eigenvalue weighted by atomic mass is 79.9. The van der Waals surface area contributed by atoms with Crippen LogP contribution in [0.15, 0.2) is 45.3 Å². The first kappa shape index (κ1) is 15.0. The van der Waals surface area contributed by atoms with E-state index in [0.29, 0.717) is 17.0 Å². The van der Waals surface area contributed by atoms with Crippen molar-refractivity contribution in [2.45, 2.75) is 12.5 Å². The number of benzene rings is 2. The molecule has 0 aliphatic rings. The Morgan fingerprint density at radius 2 is 1.95 bits per heavy atom. The molecule has 0 aliphatic carbocycles. The summed E-state index contributed by atoms with van der Waals surface area (Å²) in [5.74, 6) is -0.323. The molecule has 2 aromatic rings. The topological polar surface area (TPSA) is 26.0 Å². The summed E-state index contributed by atoms with van der Waals surface area (Å²) in [4.78, 5) is 0. The number of hydrogen-bond donors (Lipinski definition) is 1. The van der Waals surface area contributed by atoms with E-state index in [-0.39, 0.29) is 11.9 Å². The van der Waals surface area contributed by atoms with Crippen LogP contribution in [0.4, 0.5) is 4.39 Å². The summed E-state index contributed by atoms with van der Waals surface area (Å²) in [6, 6.07) is 10.1. The van der Waals surface area contributed by atoms with E-state index in [4.69, 9.17) is 17.3 Å². The first-order valence-electron chi connectivity index (χ1n) is 5.62. The minimum absolute atomic E-state index is 0.322. The average Bonchev–Trinajstić information content (AvgIpc) is 2.33. The fourth-order valence-corrected chi connectivity index (χ4v) is 3.44. The van der Waals surface area contributed by atoms with Crippen LogP contribution in [0, 0.1) is 5.82 Å². The number of rotatable bonds is 3. The van der Waals surface area contributed by atoms with Gasteiger partial charge in [0.2, 0.25) is 0 Å². The maximum atomic E-state index is 13.7. The molecule has 0 fully saturated rings. The molecule has 0 spiro atoms. The lowest BCUT2D eigenvalue weighted by Crippen LogP contribution is -2.15. The Labute approximate surface area is 133 Å². The lowest BCUT2D eigenvalue weighted by Gasteiger charge is -2.15. The monoisotopic (exact) mass is 405 g/mol. The second kappa shape index (κ2) is 6.35. The van der Waals surface area contributed by atoms with Gasteiger partial charge in [-0.1, -0.05) is 55.6 Å². The lowest BCUT2D eigenvalue weighted by molar-refractivity contribution is 0.593. The molecule has 1 nitrogen and oxygen atoms in total. The zero-order valence-corrected chi connectivity index (χ0v) is 13.8. The highest BCUT2D eigenvalue weighted by Gasteiger charge is 2.15. The van der Waals surface area contributed by atoms with Crippen LogP contribution in [-0.2, 0) is 6.42 Å². The second-order valence-electron chi connectivity index (χ2n) is 4.18. The van der Waals surface area contributed by atoms with Crippen molar-refractivity contribution in [1.82, 2.24) is 0 Å². The van der Waals surface area contributed by atoms with Crippen LogP contribution in [0.5, 0.6) is 0 Å². The normalized spacial score (nSPS) is 12.5. The Morgan fingerprint density at radius 3 is 2.58 bits per heavy atom. The molecule has 2 aromatic carbocycles. The summed E-state index contributed by atoms with van der Waals surface area (Å²) in [5, 5.41) is 0.406. The summed E-state index contributed by atoms with van der Waals surface area (Å²) >= 11 is 12.9. The zero-order valence-electron chi connectivity index (χ0n) is 9.84. The van der Waals surface area contributed by atoms with Gasteiger partial charge in [0.15, 0.2) is 0 Å². The molecule has 0 bridgehead atoms. The standard InChI is InChI=1S/C14H11Br2ClFN/c15-8-4-5-9(11(16)6-8)14(19)7-10-12(17)2-1-3-13(10)18/h1-6,14H,7,19H2. The Kier molecular flexibility index (Phi) is 5.01. The average molecular weight is 408 g/mol. The van der Waals surface area contributed by atoms with Gasteiger partial charge in [-0.2, -0.15) is 0 Å². The quantitative estimate of drug-likeness (QED) is 0.739. The molecule has 2 rings (SSSR count). The number of nitrogens with two attached hydrogens (primary N) is 1. The van der Waals surface area contributed by atoms with Gasteiger partial charge >= 0.3 is 0 Å². The molecule has 0 radical (unpaired) electrons. The first-order chi connectivity index (χ1) is 8.99. The third-order valence-electron chi connectivity index (χ3n) is 2.85. The molecule has 0 heterocycles. The van der Waals surface area contributed by atoms with E-state index in [1.807, 2.05) is 18.2 Å². The van der Waals surface area contributed by atoms with Crippen molar-refractivity contribution in [3.8, 4) is 0 Å². The maximum Gasteiger partial charge on any atom is 0.127 e. The zero-order chi connectivity index (χ0) is 14.0.